The second kappa shape index (κ2) is 5.85. The molecule has 0 aliphatic heterocycles. The van der Waals surface area contributed by atoms with Crippen LogP contribution in [0.15, 0.2) is 0 Å². The fraction of sp³-hybridized carbons (Fsp3) is 0.929. The minimum atomic E-state index is -0.200. The van der Waals surface area contributed by atoms with Gasteiger partial charge in [0.25, 0.3) is 0 Å². The lowest BCUT2D eigenvalue weighted by Crippen LogP contribution is -2.44. The Hall–Kier alpha value is -0.570. The van der Waals surface area contributed by atoms with Crippen molar-refractivity contribution in [3.8, 4) is 0 Å². The summed E-state index contributed by atoms with van der Waals surface area (Å²) in [5.74, 6) is 0.182. The fourth-order valence-corrected chi connectivity index (χ4v) is 3.28. The smallest absolute Gasteiger partial charge is 0.222 e. The van der Waals surface area contributed by atoms with Gasteiger partial charge >= 0.3 is 0 Å². The van der Waals surface area contributed by atoms with Gasteiger partial charge in [0, 0.05) is 18.0 Å². The number of hydrogen-bond acceptors (Lipinski definition) is 2. The van der Waals surface area contributed by atoms with Gasteiger partial charge in [-0.1, -0.05) is 38.5 Å². The van der Waals surface area contributed by atoms with E-state index in [1.165, 1.54) is 38.5 Å². The van der Waals surface area contributed by atoms with Crippen molar-refractivity contribution in [3.63, 3.8) is 0 Å². The van der Waals surface area contributed by atoms with Crippen molar-refractivity contribution in [1.29, 1.82) is 0 Å². The summed E-state index contributed by atoms with van der Waals surface area (Å²) in [5, 5.41) is 3.19. The third-order valence-corrected chi connectivity index (χ3v) is 4.33. The molecule has 1 amide bonds. The van der Waals surface area contributed by atoms with E-state index in [0.29, 0.717) is 12.5 Å². The highest BCUT2D eigenvalue weighted by Crippen LogP contribution is 2.30. The summed E-state index contributed by atoms with van der Waals surface area (Å²) in [7, 11) is 0. The summed E-state index contributed by atoms with van der Waals surface area (Å²) in [6.07, 6.45) is 12.4. The molecule has 17 heavy (non-hydrogen) atoms. The largest absolute Gasteiger partial charge is 0.353 e. The van der Waals surface area contributed by atoms with Crippen molar-refractivity contribution >= 4 is 5.91 Å². The third kappa shape index (κ3) is 3.98. The normalized spacial score (nSPS) is 25.5. The zero-order valence-electron chi connectivity index (χ0n) is 10.8. The van der Waals surface area contributed by atoms with E-state index in [1.807, 2.05) is 0 Å². The first-order chi connectivity index (χ1) is 8.18. The van der Waals surface area contributed by atoms with Crippen molar-refractivity contribution in [2.45, 2.75) is 82.2 Å². The summed E-state index contributed by atoms with van der Waals surface area (Å²) in [6, 6.07) is 0.412. The topological polar surface area (TPSA) is 55.1 Å². The van der Waals surface area contributed by atoms with Crippen LogP contribution >= 0.6 is 0 Å². The van der Waals surface area contributed by atoms with Crippen LogP contribution in [0.1, 0.15) is 70.6 Å². The maximum absolute atomic E-state index is 12.0. The quantitative estimate of drug-likeness (QED) is 0.742. The Balaban J connectivity index is 1.75. The molecule has 0 atom stereocenters. The molecule has 0 aromatic heterocycles. The molecule has 3 nitrogen and oxygen atoms in total. The zero-order chi connectivity index (χ0) is 12.1. The molecule has 2 aliphatic rings. The lowest BCUT2D eigenvalue weighted by atomic mass is 9.94. The van der Waals surface area contributed by atoms with Crippen LogP contribution < -0.4 is 11.1 Å². The molecule has 0 spiro atoms. The number of rotatable bonds is 3. The molecule has 3 N–H and O–H groups in total. The molecule has 0 unspecified atom stereocenters. The molecule has 0 bridgehead atoms. The number of hydrogen-bond donors (Lipinski definition) is 2. The Bertz CT molecular complexity index is 251. The zero-order valence-corrected chi connectivity index (χ0v) is 10.8. The van der Waals surface area contributed by atoms with Crippen LogP contribution in [0.2, 0.25) is 0 Å². The van der Waals surface area contributed by atoms with Crippen molar-refractivity contribution < 1.29 is 4.79 Å². The van der Waals surface area contributed by atoms with Gasteiger partial charge in [-0.05, 0) is 25.7 Å². The van der Waals surface area contributed by atoms with Crippen LogP contribution in [0.3, 0.4) is 0 Å². The van der Waals surface area contributed by atoms with E-state index in [1.54, 1.807) is 0 Å². The van der Waals surface area contributed by atoms with Gasteiger partial charge in [-0.2, -0.15) is 0 Å². The molecule has 0 heterocycles. The summed E-state index contributed by atoms with van der Waals surface area (Å²) < 4.78 is 0. The molecule has 3 heteroatoms. The summed E-state index contributed by atoms with van der Waals surface area (Å²) in [4.78, 5) is 12.0. The third-order valence-electron chi connectivity index (χ3n) is 4.33. The molecule has 0 radical (unpaired) electrons. The van der Waals surface area contributed by atoms with Crippen LogP contribution in [-0.4, -0.2) is 17.5 Å². The van der Waals surface area contributed by atoms with Crippen LogP contribution in [0.4, 0.5) is 0 Å². The van der Waals surface area contributed by atoms with E-state index >= 15 is 0 Å². The van der Waals surface area contributed by atoms with E-state index in [0.717, 1.165) is 25.7 Å². The number of amides is 1. The maximum atomic E-state index is 12.0. The van der Waals surface area contributed by atoms with Gasteiger partial charge in [0.05, 0.1) is 0 Å². The predicted molar refractivity (Wildman–Crippen MR) is 69.6 cm³/mol. The molecule has 2 rings (SSSR count). The molecule has 2 saturated carbocycles. The van der Waals surface area contributed by atoms with Gasteiger partial charge in [-0.25, -0.2) is 0 Å². The highest BCUT2D eigenvalue weighted by atomic mass is 16.1. The van der Waals surface area contributed by atoms with Crippen molar-refractivity contribution in [3.05, 3.63) is 0 Å². The van der Waals surface area contributed by atoms with Crippen LogP contribution in [0.5, 0.6) is 0 Å². The first-order valence-electron chi connectivity index (χ1n) is 7.26. The van der Waals surface area contributed by atoms with Gasteiger partial charge in [-0.3, -0.25) is 4.79 Å². The van der Waals surface area contributed by atoms with Gasteiger partial charge in [-0.15, -0.1) is 0 Å². The number of carbonyl (C=O) groups excluding carboxylic acids is 1. The van der Waals surface area contributed by atoms with Crippen LogP contribution in [-0.2, 0) is 4.79 Å². The van der Waals surface area contributed by atoms with Gasteiger partial charge < -0.3 is 11.1 Å². The van der Waals surface area contributed by atoms with Crippen LogP contribution in [0.25, 0.3) is 0 Å². The first-order valence-corrected chi connectivity index (χ1v) is 7.26. The summed E-state index contributed by atoms with van der Waals surface area (Å²) in [6.45, 7) is 0. The molecular formula is C14H26N2O. The van der Waals surface area contributed by atoms with Crippen LogP contribution in [0, 0.1) is 0 Å². The van der Waals surface area contributed by atoms with Crippen molar-refractivity contribution in [1.82, 2.24) is 5.32 Å². The highest BCUT2D eigenvalue weighted by molar-refractivity contribution is 5.77. The summed E-state index contributed by atoms with van der Waals surface area (Å²) in [5.41, 5.74) is 6.04. The van der Waals surface area contributed by atoms with E-state index in [4.69, 9.17) is 5.73 Å². The number of nitrogens with one attached hydrogen (secondary N) is 1. The van der Waals surface area contributed by atoms with Crippen molar-refractivity contribution in [2.75, 3.05) is 0 Å². The Morgan fingerprint density at radius 1 is 1.06 bits per heavy atom. The Morgan fingerprint density at radius 2 is 1.65 bits per heavy atom. The first kappa shape index (κ1) is 12.9. The lowest BCUT2D eigenvalue weighted by molar-refractivity contribution is -0.123. The molecule has 2 aliphatic carbocycles. The maximum Gasteiger partial charge on any atom is 0.222 e. The Labute approximate surface area is 105 Å². The molecular weight excluding hydrogens is 212 g/mol. The number of carbonyl (C=O) groups is 1. The van der Waals surface area contributed by atoms with Gasteiger partial charge in [0.15, 0.2) is 0 Å². The minimum absolute atomic E-state index is 0.182. The van der Waals surface area contributed by atoms with E-state index in [9.17, 15) is 4.79 Å². The monoisotopic (exact) mass is 238 g/mol. The van der Waals surface area contributed by atoms with E-state index in [-0.39, 0.29) is 11.4 Å². The SMILES string of the molecule is NC1(CC(=O)NC2CCCCCC2)CCCC1. The average Bonchev–Trinajstić information content (AvgIpc) is 2.54. The lowest BCUT2D eigenvalue weighted by Gasteiger charge is -2.24. The average molecular weight is 238 g/mol. The van der Waals surface area contributed by atoms with E-state index < -0.39 is 0 Å². The standard InChI is InChI=1S/C14H26N2O/c15-14(9-5-6-10-14)11-13(17)16-12-7-3-1-2-4-8-12/h12H,1-11,15H2,(H,16,17). The number of nitrogens with two attached hydrogens (primary N) is 1. The minimum Gasteiger partial charge on any atom is -0.353 e. The molecule has 0 aromatic carbocycles. The second-order valence-electron chi connectivity index (χ2n) is 6.00. The molecule has 0 aromatic rings. The van der Waals surface area contributed by atoms with Gasteiger partial charge in [0.1, 0.15) is 0 Å². The fourth-order valence-electron chi connectivity index (χ4n) is 3.28. The van der Waals surface area contributed by atoms with Gasteiger partial charge in [0.2, 0.25) is 5.91 Å². The Kier molecular flexibility index (Phi) is 4.43. The Morgan fingerprint density at radius 3 is 2.24 bits per heavy atom. The molecule has 0 saturated heterocycles. The predicted octanol–water partition coefficient (Wildman–Crippen LogP) is 2.49. The highest BCUT2D eigenvalue weighted by Gasteiger charge is 2.32. The second-order valence-corrected chi connectivity index (χ2v) is 6.00. The summed E-state index contributed by atoms with van der Waals surface area (Å²) >= 11 is 0. The molecule has 2 fully saturated rings. The van der Waals surface area contributed by atoms with Crippen molar-refractivity contribution in [2.24, 2.45) is 5.73 Å². The van der Waals surface area contributed by atoms with E-state index in [2.05, 4.69) is 5.32 Å². The molecule has 98 valence electrons.